The quantitative estimate of drug-likeness (QED) is 0.476. The molecule has 0 spiro atoms. The fourth-order valence-electron chi connectivity index (χ4n) is 2.94. The highest BCUT2D eigenvalue weighted by Crippen LogP contribution is 2.18. The first-order valence-electron chi connectivity index (χ1n) is 8.84. The Bertz CT molecular complexity index is 919. The topological polar surface area (TPSA) is 88.6 Å². The Labute approximate surface area is 162 Å². The van der Waals surface area contributed by atoms with E-state index in [0.717, 1.165) is 16.9 Å². The fourth-order valence-corrected chi connectivity index (χ4v) is 2.94. The number of nitrogens with one attached hydrogen (secondary N) is 1. The van der Waals surface area contributed by atoms with Crippen LogP contribution in [0.1, 0.15) is 27.2 Å². The summed E-state index contributed by atoms with van der Waals surface area (Å²) in [6.07, 6.45) is 1.64. The first-order valence-corrected chi connectivity index (χ1v) is 8.84. The van der Waals surface area contributed by atoms with E-state index in [0.29, 0.717) is 25.2 Å². The lowest BCUT2D eigenvalue weighted by Gasteiger charge is -2.21. The summed E-state index contributed by atoms with van der Waals surface area (Å²) >= 11 is 0. The summed E-state index contributed by atoms with van der Waals surface area (Å²) in [6, 6.07) is 17.8. The maximum Gasteiger partial charge on any atom is 0.269 e. The van der Waals surface area contributed by atoms with Crippen molar-refractivity contribution in [2.45, 2.75) is 19.6 Å². The largest absolute Gasteiger partial charge is 0.468 e. The normalized spacial score (nSPS) is 10.8. The van der Waals surface area contributed by atoms with Crippen molar-refractivity contribution < 1.29 is 14.1 Å². The summed E-state index contributed by atoms with van der Waals surface area (Å²) in [7, 11) is 1.60. The molecule has 7 heteroatoms. The molecule has 1 N–H and O–H groups in total. The molecule has 0 aliphatic rings. The number of hydrogen-bond donors (Lipinski definition) is 1. The van der Waals surface area contributed by atoms with Gasteiger partial charge in [0.15, 0.2) is 0 Å². The van der Waals surface area contributed by atoms with Gasteiger partial charge in [-0.2, -0.15) is 0 Å². The zero-order valence-electron chi connectivity index (χ0n) is 15.5. The van der Waals surface area contributed by atoms with Gasteiger partial charge in [0.25, 0.3) is 11.6 Å². The molecule has 0 atom stereocenters. The summed E-state index contributed by atoms with van der Waals surface area (Å²) in [6.45, 7) is 1.85. The second-order valence-corrected chi connectivity index (χ2v) is 6.42. The van der Waals surface area contributed by atoms with E-state index in [1.807, 2.05) is 24.3 Å². The molecule has 0 radical (unpaired) electrons. The minimum atomic E-state index is -0.404. The van der Waals surface area contributed by atoms with E-state index < -0.39 is 4.92 Å². The average Bonchev–Trinajstić information content (AvgIpc) is 3.21. The SMILES string of the molecule is CNC(=O)c1ccc(CN(Cc2ccc([N+](=O)[O-])cc2)Cc2ccco2)cc1. The first-order chi connectivity index (χ1) is 13.5. The van der Waals surface area contributed by atoms with Crippen LogP contribution < -0.4 is 5.32 Å². The van der Waals surface area contributed by atoms with E-state index >= 15 is 0 Å². The van der Waals surface area contributed by atoms with E-state index in [1.165, 1.54) is 12.1 Å². The van der Waals surface area contributed by atoms with Crippen LogP contribution in [0.3, 0.4) is 0 Å². The number of rotatable bonds is 8. The highest BCUT2D eigenvalue weighted by atomic mass is 16.6. The maximum atomic E-state index is 11.7. The molecule has 0 saturated carbocycles. The van der Waals surface area contributed by atoms with Gasteiger partial charge in [0.05, 0.1) is 17.7 Å². The third-order valence-corrected chi connectivity index (χ3v) is 4.36. The Balaban J connectivity index is 1.74. The average molecular weight is 379 g/mol. The Hall–Kier alpha value is -3.45. The van der Waals surface area contributed by atoms with Gasteiger partial charge in [0, 0.05) is 37.8 Å². The maximum absolute atomic E-state index is 11.7. The number of hydrogen-bond acceptors (Lipinski definition) is 5. The highest BCUT2D eigenvalue weighted by Gasteiger charge is 2.12. The molecule has 0 bridgehead atoms. The smallest absolute Gasteiger partial charge is 0.269 e. The third-order valence-electron chi connectivity index (χ3n) is 4.36. The molecule has 3 rings (SSSR count). The van der Waals surface area contributed by atoms with Crippen molar-refractivity contribution in [3.05, 3.63) is 99.5 Å². The minimum Gasteiger partial charge on any atom is -0.468 e. The number of non-ortho nitro benzene ring substituents is 1. The number of benzene rings is 2. The van der Waals surface area contributed by atoms with Gasteiger partial charge in [-0.05, 0) is 35.4 Å². The van der Waals surface area contributed by atoms with Crippen molar-refractivity contribution in [2.24, 2.45) is 0 Å². The van der Waals surface area contributed by atoms with Crippen LogP contribution >= 0.6 is 0 Å². The number of nitro benzene ring substituents is 1. The van der Waals surface area contributed by atoms with Crippen molar-refractivity contribution in [3.63, 3.8) is 0 Å². The molecule has 0 aliphatic carbocycles. The van der Waals surface area contributed by atoms with Gasteiger partial charge in [-0.1, -0.05) is 24.3 Å². The Kier molecular flexibility index (Phi) is 6.18. The number of nitro groups is 1. The molecule has 3 aromatic rings. The predicted molar refractivity (Wildman–Crippen MR) is 105 cm³/mol. The van der Waals surface area contributed by atoms with Gasteiger partial charge in [-0.15, -0.1) is 0 Å². The van der Waals surface area contributed by atoms with Gasteiger partial charge in [-0.25, -0.2) is 0 Å². The van der Waals surface area contributed by atoms with E-state index in [-0.39, 0.29) is 11.6 Å². The Morgan fingerprint density at radius 1 is 1.00 bits per heavy atom. The summed E-state index contributed by atoms with van der Waals surface area (Å²) in [5.74, 6) is 0.716. The monoisotopic (exact) mass is 379 g/mol. The molecule has 0 fully saturated rings. The van der Waals surface area contributed by atoms with Gasteiger partial charge in [-0.3, -0.25) is 19.8 Å². The van der Waals surface area contributed by atoms with Crippen molar-refractivity contribution in [1.82, 2.24) is 10.2 Å². The van der Waals surface area contributed by atoms with E-state index in [1.54, 1.807) is 37.6 Å². The fraction of sp³-hybridized carbons (Fsp3) is 0.190. The van der Waals surface area contributed by atoms with Crippen molar-refractivity contribution in [2.75, 3.05) is 7.05 Å². The predicted octanol–water partition coefficient (Wildman–Crippen LogP) is 3.75. The summed E-state index contributed by atoms with van der Waals surface area (Å²) < 4.78 is 5.47. The number of nitrogens with zero attached hydrogens (tertiary/aromatic N) is 2. The second kappa shape index (κ2) is 8.96. The standard InChI is InChI=1S/C21H21N3O4/c1-22-21(25)18-8-4-16(5-9-18)13-23(15-20-3-2-12-28-20)14-17-6-10-19(11-7-17)24(26)27/h2-12H,13-15H2,1H3,(H,22,25). The zero-order chi connectivity index (χ0) is 19.9. The molecular formula is C21H21N3O4. The molecule has 1 heterocycles. The number of carbonyl (C=O) groups is 1. The highest BCUT2D eigenvalue weighted by molar-refractivity contribution is 5.93. The molecule has 0 unspecified atom stereocenters. The third kappa shape index (κ3) is 5.05. The molecule has 1 aromatic heterocycles. The molecule has 0 saturated heterocycles. The molecule has 28 heavy (non-hydrogen) atoms. The Morgan fingerprint density at radius 2 is 1.61 bits per heavy atom. The van der Waals surface area contributed by atoms with Crippen LogP contribution in [-0.2, 0) is 19.6 Å². The Morgan fingerprint density at radius 3 is 2.11 bits per heavy atom. The lowest BCUT2D eigenvalue weighted by molar-refractivity contribution is -0.384. The van der Waals surface area contributed by atoms with Crippen molar-refractivity contribution >= 4 is 11.6 Å². The van der Waals surface area contributed by atoms with E-state index in [2.05, 4.69) is 10.2 Å². The number of carbonyl (C=O) groups excluding carboxylic acids is 1. The van der Waals surface area contributed by atoms with Crippen molar-refractivity contribution in [1.29, 1.82) is 0 Å². The summed E-state index contributed by atoms with van der Waals surface area (Å²) in [4.78, 5) is 24.3. The van der Waals surface area contributed by atoms with E-state index in [9.17, 15) is 14.9 Å². The zero-order valence-corrected chi connectivity index (χ0v) is 15.5. The van der Waals surface area contributed by atoms with Crippen LogP contribution in [0.2, 0.25) is 0 Å². The molecule has 7 nitrogen and oxygen atoms in total. The molecule has 0 aliphatic heterocycles. The van der Waals surface area contributed by atoms with Gasteiger partial charge in [0.1, 0.15) is 5.76 Å². The van der Waals surface area contributed by atoms with Crippen LogP contribution in [0.4, 0.5) is 5.69 Å². The van der Waals surface area contributed by atoms with Gasteiger partial charge < -0.3 is 9.73 Å². The molecule has 1 amide bonds. The summed E-state index contributed by atoms with van der Waals surface area (Å²) in [5.41, 5.74) is 2.71. The molecular weight excluding hydrogens is 358 g/mol. The first kappa shape index (κ1) is 19.3. The number of furan rings is 1. The van der Waals surface area contributed by atoms with Crippen LogP contribution in [0.15, 0.2) is 71.3 Å². The minimum absolute atomic E-state index is 0.0751. The lowest BCUT2D eigenvalue weighted by atomic mass is 10.1. The van der Waals surface area contributed by atoms with Crippen LogP contribution in [0.5, 0.6) is 0 Å². The van der Waals surface area contributed by atoms with Crippen LogP contribution in [0, 0.1) is 10.1 Å². The summed E-state index contributed by atoms with van der Waals surface area (Å²) in [5, 5.41) is 13.4. The van der Waals surface area contributed by atoms with E-state index in [4.69, 9.17) is 4.42 Å². The lowest BCUT2D eigenvalue weighted by Crippen LogP contribution is -2.22. The second-order valence-electron chi connectivity index (χ2n) is 6.42. The van der Waals surface area contributed by atoms with Gasteiger partial charge in [0.2, 0.25) is 0 Å². The van der Waals surface area contributed by atoms with Gasteiger partial charge >= 0.3 is 0 Å². The molecule has 2 aromatic carbocycles. The van der Waals surface area contributed by atoms with Crippen LogP contribution in [-0.4, -0.2) is 22.8 Å². The molecule has 144 valence electrons. The van der Waals surface area contributed by atoms with Crippen molar-refractivity contribution in [3.8, 4) is 0 Å². The number of amides is 1. The van der Waals surface area contributed by atoms with Crippen LogP contribution in [0.25, 0.3) is 0 Å².